The Morgan fingerprint density at radius 1 is 1.08 bits per heavy atom. The van der Waals surface area contributed by atoms with Crippen molar-refractivity contribution in [3.63, 3.8) is 0 Å². The molecule has 2 fully saturated rings. The van der Waals surface area contributed by atoms with Crippen molar-refractivity contribution in [3.05, 3.63) is 59.8 Å². The fourth-order valence-corrected chi connectivity index (χ4v) is 5.40. The van der Waals surface area contributed by atoms with Crippen LogP contribution < -0.4 is 10.2 Å². The van der Waals surface area contributed by atoms with Gasteiger partial charge < -0.3 is 29.7 Å². The first-order valence-electron chi connectivity index (χ1n) is 13.3. The van der Waals surface area contributed by atoms with Gasteiger partial charge in [0, 0.05) is 56.6 Å². The second kappa shape index (κ2) is 11.4. The number of aliphatic hydroxyl groups is 2. The molecule has 0 aliphatic carbocycles. The van der Waals surface area contributed by atoms with Crippen LogP contribution in [0.5, 0.6) is 0 Å². The average Bonchev–Trinajstić information content (AvgIpc) is 3.29. The van der Waals surface area contributed by atoms with Crippen LogP contribution in [0.25, 0.3) is 28.1 Å². The summed E-state index contributed by atoms with van der Waals surface area (Å²) in [6.45, 7) is 2.33. The molecule has 2 saturated heterocycles. The fourth-order valence-electron chi connectivity index (χ4n) is 5.40. The number of nitrogens with zero attached hydrogens (tertiary/aromatic N) is 3. The van der Waals surface area contributed by atoms with E-state index in [1.165, 1.54) is 35.7 Å². The molecule has 3 atom stereocenters. The smallest absolute Gasteiger partial charge is 0.262 e. The molecule has 1 aromatic heterocycles. The number of carbonyl (C=O) groups excluding carboxylic acids is 1. The van der Waals surface area contributed by atoms with Crippen molar-refractivity contribution in [1.29, 1.82) is 5.26 Å². The highest BCUT2D eigenvalue weighted by Crippen LogP contribution is 2.30. The monoisotopic (exact) mass is 514 g/mol. The number of hydrogen-bond donors (Lipinski definition) is 3. The summed E-state index contributed by atoms with van der Waals surface area (Å²) in [6.07, 6.45) is 3.60. The zero-order chi connectivity index (χ0) is 26.6. The normalized spacial score (nSPS) is 22.3. The van der Waals surface area contributed by atoms with E-state index in [0.717, 1.165) is 30.0 Å². The van der Waals surface area contributed by atoms with Gasteiger partial charge in [0.1, 0.15) is 11.6 Å². The van der Waals surface area contributed by atoms with Crippen molar-refractivity contribution in [2.45, 2.75) is 50.6 Å². The van der Waals surface area contributed by atoms with Gasteiger partial charge in [-0.25, -0.2) is 0 Å². The second-order valence-corrected chi connectivity index (χ2v) is 10.2. The third-order valence-corrected chi connectivity index (χ3v) is 7.51. The Hall–Kier alpha value is -3.64. The van der Waals surface area contributed by atoms with E-state index in [0.29, 0.717) is 6.42 Å². The molecule has 2 aliphatic rings. The first kappa shape index (κ1) is 26.0. The number of nitriles is 1. The lowest BCUT2D eigenvalue weighted by Gasteiger charge is -2.30. The lowest BCUT2D eigenvalue weighted by atomic mass is 10.0. The van der Waals surface area contributed by atoms with E-state index < -0.39 is 24.4 Å². The van der Waals surface area contributed by atoms with Gasteiger partial charge in [0.25, 0.3) is 5.91 Å². The molecular formula is C30H34N4O4. The number of benzene rings is 2. The summed E-state index contributed by atoms with van der Waals surface area (Å²) in [4.78, 5) is 15.1. The quantitative estimate of drug-likeness (QED) is 0.342. The number of nitrogens with one attached hydrogen (secondary N) is 1. The number of piperidine rings is 1. The SMILES string of the molecule is Cn1c(/C=C(\C#N)C(=O)NCC2CC(O)CC(O)O2)ccc1-c1ccc2cc(N3CCCCC3)ccc2c1. The Morgan fingerprint density at radius 3 is 2.61 bits per heavy atom. The fraction of sp³-hybridized carbons (Fsp3) is 0.400. The minimum Gasteiger partial charge on any atom is -0.393 e. The highest BCUT2D eigenvalue weighted by atomic mass is 16.6. The molecule has 8 nitrogen and oxygen atoms in total. The van der Waals surface area contributed by atoms with Crippen LogP contribution in [0.15, 0.2) is 54.1 Å². The molecule has 8 heteroatoms. The molecule has 3 aromatic rings. The highest BCUT2D eigenvalue weighted by Gasteiger charge is 2.27. The first-order valence-corrected chi connectivity index (χ1v) is 13.3. The summed E-state index contributed by atoms with van der Waals surface area (Å²) in [5, 5.41) is 34.1. The van der Waals surface area contributed by atoms with Gasteiger partial charge in [0.05, 0.1) is 12.2 Å². The average molecular weight is 515 g/mol. The van der Waals surface area contributed by atoms with Crippen molar-refractivity contribution in [1.82, 2.24) is 9.88 Å². The molecule has 0 radical (unpaired) electrons. The summed E-state index contributed by atoms with van der Waals surface area (Å²) in [6, 6.07) is 18.9. The molecule has 2 aromatic carbocycles. The summed E-state index contributed by atoms with van der Waals surface area (Å²) in [5.74, 6) is -0.524. The van der Waals surface area contributed by atoms with Crippen LogP contribution in [-0.4, -0.2) is 58.8 Å². The molecule has 3 unspecified atom stereocenters. The number of rotatable bonds is 6. The van der Waals surface area contributed by atoms with Crippen LogP contribution in [0.4, 0.5) is 5.69 Å². The number of hydrogen-bond acceptors (Lipinski definition) is 6. The van der Waals surface area contributed by atoms with E-state index in [9.17, 15) is 20.3 Å². The minimum absolute atomic E-state index is 0.0293. The molecular weight excluding hydrogens is 480 g/mol. The molecule has 198 valence electrons. The van der Waals surface area contributed by atoms with E-state index in [1.807, 2.05) is 29.8 Å². The van der Waals surface area contributed by atoms with E-state index in [2.05, 4.69) is 46.6 Å². The van der Waals surface area contributed by atoms with Crippen molar-refractivity contribution >= 4 is 28.4 Å². The van der Waals surface area contributed by atoms with Gasteiger partial charge in [0.2, 0.25) is 0 Å². The Morgan fingerprint density at radius 2 is 1.84 bits per heavy atom. The number of amides is 1. The summed E-state index contributed by atoms with van der Waals surface area (Å²) >= 11 is 0. The van der Waals surface area contributed by atoms with Crippen molar-refractivity contribution in [2.75, 3.05) is 24.5 Å². The van der Waals surface area contributed by atoms with Crippen molar-refractivity contribution in [3.8, 4) is 17.3 Å². The van der Waals surface area contributed by atoms with Crippen LogP contribution in [0.2, 0.25) is 0 Å². The topological polar surface area (TPSA) is 111 Å². The van der Waals surface area contributed by atoms with Gasteiger partial charge in [-0.05, 0) is 72.0 Å². The van der Waals surface area contributed by atoms with Crippen LogP contribution >= 0.6 is 0 Å². The molecule has 38 heavy (non-hydrogen) atoms. The molecule has 3 heterocycles. The lowest BCUT2D eigenvalue weighted by Crippen LogP contribution is -2.42. The Labute approximate surface area is 222 Å². The van der Waals surface area contributed by atoms with E-state index in [1.54, 1.807) is 6.08 Å². The molecule has 0 bridgehead atoms. The number of fused-ring (bicyclic) bond motifs is 1. The van der Waals surface area contributed by atoms with E-state index >= 15 is 0 Å². The number of anilines is 1. The van der Waals surface area contributed by atoms with Crippen LogP contribution in [0.3, 0.4) is 0 Å². The maximum absolute atomic E-state index is 12.7. The summed E-state index contributed by atoms with van der Waals surface area (Å²) < 4.78 is 7.31. The molecule has 2 aliphatic heterocycles. The van der Waals surface area contributed by atoms with Crippen LogP contribution in [0, 0.1) is 11.3 Å². The van der Waals surface area contributed by atoms with Gasteiger partial charge in [-0.1, -0.05) is 18.2 Å². The summed E-state index contributed by atoms with van der Waals surface area (Å²) in [7, 11) is 1.91. The summed E-state index contributed by atoms with van der Waals surface area (Å²) in [5.41, 5.74) is 4.01. The predicted molar refractivity (Wildman–Crippen MR) is 147 cm³/mol. The van der Waals surface area contributed by atoms with Crippen LogP contribution in [-0.2, 0) is 16.6 Å². The third kappa shape index (κ3) is 5.76. The van der Waals surface area contributed by atoms with Crippen LogP contribution in [0.1, 0.15) is 37.8 Å². The number of carbonyl (C=O) groups is 1. The number of aliphatic hydroxyl groups excluding tert-OH is 2. The minimum atomic E-state index is -1.06. The molecule has 5 rings (SSSR count). The van der Waals surface area contributed by atoms with Gasteiger partial charge >= 0.3 is 0 Å². The maximum Gasteiger partial charge on any atom is 0.262 e. The Balaban J connectivity index is 1.30. The third-order valence-electron chi connectivity index (χ3n) is 7.51. The first-order chi connectivity index (χ1) is 18.4. The zero-order valence-corrected chi connectivity index (χ0v) is 21.6. The Bertz CT molecular complexity index is 1370. The zero-order valence-electron chi connectivity index (χ0n) is 21.6. The van der Waals surface area contributed by atoms with Gasteiger partial charge in [-0.15, -0.1) is 0 Å². The largest absolute Gasteiger partial charge is 0.393 e. The van der Waals surface area contributed by atoms with Crippen molar-refractivity contribution in [2.24, 2.45) is 7.05 Å². The van der Waals surface area contributed by atoms with Gasteiger partial charge in [-0.3, -0.25) is 4.79 Å². The van der Waals surface area contributed by atoms with Crippen molar-refractivity contribution < 1.29 is 19.7 Å². The standard InChI is InChI=1S/C30H34N4O4/c1-33-24(15-23(18-31)30(37)32-19-27-16-26(35)17-29(36)38-27)9-10-28(33)22-6-5-21-14-25(8-7-20(21)13-22)34-11-3-2-4-12-34/h5-10,13-15,26-27,29,35-36H,2-4,11-12,16-17,19H2,1H3,(H,32,37)/b23-15+. The maximum atomic E-state index is 12.7. The predicted octanol–water partition coefficient (Wildman–Crippen LogP) is 3.72. The number of aromatic nitrogens is 1. The Kier molecular flexibility index (Phi) is 7.79. The molecule has 1 amide bonds. The second-order valence-electron chi connectivity index (χ2n) is 10.2. The molecule has 0 spiro atoms. The van der Waals surface area contributed by atoms with E-state index in [4.69, 9.17) is 4.74 Å². The van der Waals surface area contributed by atoms with E-state index in [-0.39, 0.29) is 18.5 Å². The lowest BCUT2D eigenvalue weighted by molar-refractivity contribution is -0.187. The van der Waals surface area contributed by atoms with Gasteiger partial charge in [-0.2, -0.15) is 5.26 Å². The molecule has 3 N–H and O–H groups in total. The highest BCUT2D eigenvalue weighted by molar-refractivity contribution is 6.01. The number of ether oxygens (including phenoxy) is 1. The molecule has 0 saturated carbocycles. The van der Waals surface area contributed by atoms with Gasteiger partial charge in [0.15, 0.2) is 6.29 Å².